The number of nitrogens with two attached hydrogens (primary N) is 2. The Morgan fingerprint density at radius 2 is 2.17 bits per heavy atom. The van der Waals surface area contributed by atoms with Crippen molar-refractivity contribution < 1.29 is 14.6 Å². The van der Waals surface area contributed by atoms with Crippen LogP contribution < -0.4 is 11.5 Å². The van der Waals surface area contributed by atoms with E-state index in [0.29, 0.717) is 30.2 Å². The van der Waals surface area contributed by atoms with E-state index < -0.39 is 0 Å². The normalized spacial score (nSPS) is 23.3. The Hall–Kier alpha value is -3.19. The van der Waals surface area contributed by atoms with Crippen LogP contribution in [0.3, 0.4) is 0 Å². The second kappa shape index (κ2) is 9.09. The molecular formula is C23H30N4O3. The molecule has 6 N–H and O–H groups in total. The summed E-state index contributed by atoms with van der Waals surface area (Å²) in [7, 11) is 0. The van der Waals surface area contributed by atoms with Crippen molar-refractivity contribution in [2.24, 2.45) is 5.73 Å². The second-order valence-electron chi connectivity index (χ2n) is 7.84. The summed E-state index contributed by atoms with van der Waals surface area (Å²) in [6.07, 6.45) is 6.13. The van der Waals surface area contributed by atoms with Crippen LogP contribution in [0.1, 0.15) is 42.5 Å². The van der Waals surface area contributed by atoms with E-state index in [1.54, 1.807) is 35.3 Å². The van der Waals surface area contributed by atoms with Gasteiger partial charge in [-0.3, -0.25) is 4.79 Å². The molecule has 1 spiro atoms. The summed E-state index contributed by atoms with van der Waals surface area (Å²) >= 11 is 0. The summed E-state index contributed by atoms with van der Waals surface area (Å²) in [6.45, 7) is 7.25. The largest absolute Gasteiger partial charge is 0.507 e. The minimum absolute atomic E-state index is 0.132. The first kappa shape index (κ1) is 21.5. The average molecular weight is 411 g/mol. The SMILES string of the molecule is C=CC.N/C(=C\c1cc(C2COC3(CCN(C=O)C3)C2)[nH]c1N)c1ccccc1O. The van der Waals surface area contributed by atoms with Gasteiger partial charge in [-0.25, -0.2) is 0 Å². The van der Waals surface area contributed by atoms with Crippen LogP contribution in [-0.4, -0.2) is 46.7 Å². The maximum atomic E-state index is 11.0. The average Bonchev–Trinajstić information content (AvgIpc) is 3.43. The lowest BCUT2D eigenvalue weighted by atomic mass is 9.91. The number of benzene rings is 1. The van der Waals surface area contributed by atoms with Crippen LogP contribution in [0.5, 0.6) is 5.75 Å². The third-order valence-corrected chi connectivity index (χ3v) is 5.57. The van der Waals surface area contributed by atoms with E-state index >= 15 is 0 Å². The van der Waals surface area contributed by atoms with Gasteiger partial charge in [0.05, 0.1) is 12.2 Å². The molecule has 2 aromatic rings. The molecule has 160 valence electrons. The van der Waals surface area contributed by atoms with Gasteiger partial charge in [0, 0.05) is 41.5 Å². The molecule has 2 aliphatic heterocycles. The third-order valence-electron chi connectivity index (χ3n) is 5.57. The topological polar surface area (TPSA) is 118 Å². The number of para-hydroxylation sites is 1. The number of anilines is 1. The number of carbonyl (C=O) groups is 1. The van der Waals surface area contributed by atoms with Crippen LogP contribution in [0.2, 0.25) is 0 Å². The number of carbonyl (C=O) groups excluding carboxylic acids is 1. The summed E-state index contributed by atoms with van der Waals surface area (Å²) in [5.74, 6) is 0.866. The van der Waals surface area contributed by atoms with Gasteiger partial charge in [-0.05, 0) is 44.0 Å². The van der Waals surface area contributed by atoms with Gasteiger partial charge in [0.25, 0.3) is 0 Å². The van der Waals surface area contributed by atoms with Crippen LogP contribution in [0.15, 0.2) is 43.0 Å². The zero-order valence-electron chi connectivity index (χ0n) is 17.3. The smallest absolute Gasteiger partial charge is 0.209 e. The highest BCUT2D eigenvalue weighted by atomic mass is 16.5. The Balaban J connectivity index is 0.000000806. The number of nitrogens with one attached hydrogen (secondary N) is 1. The van der Waals surface area contributed by atoms with Crippen molar-refractivity contribution in [2.45, 2.75) is 31.3 Å². The molecule has 2 fully saturated rings. The summed E-state index contributed by atoms with van der Waals surface area (Å²) in [5.41, 5.74) is 14.9. The van der Waals surface area contributed by atoms with E-state index in [-0.39, 0.29) is 17.3 Å². The fourth-order valence-electron chi connectivity index (χ4n) is 4.11. The summed E-state index contributed by atoms with van der Waals surface area (Å²) in [6, 6.07) is 8.92. The highest BCUT2D eigenvalue weighted by molar-refractivity contribution is 5.84. The Labute approximate surface area is 177 Å². The molecule has 2 saturated heterocycles. The lowest BCUT2D eigenvalue weighted by Crippen LogP contribution is -2.32. The van der Waals surface area contributed by atoms with Gasteiger partial charge in [0.15, 0.2) is 0 Å². The van der Waals surface area contributed by atoms with Crippen molar-refractivity contribution >= 4 is 24.0 Å². The van der Waals surface area contributed by atoms with Crippen LogP contribution >= 0.6 is 0 Å². The maximum Gasteiger partial charge on any atom is 0.209 e. The summed E-state index contributed by atoms with van der Waals surface area (Å²) in [5, 5.41) is 9.96. The number of nitrogens with zero attached hydrogens (tertiary/aromatic N) is 1. The zero-order chi connectivity index (χ0) is 21.7. The number of hydrogen-bond acceptors (Lipinski definition) is 5. The minimum atomic E-state index is -0.240. The maximum absolute atomic E-state index is 11.0. The number of rotatable bonds is 4. The van der Waals surface area contributed by atoms with Crippen molar-refractivity contribution in [1.82, 2.24) is 9.88 Å². The van der Waals surface area contributed by atoms with Gasteiger partial charge >= 0.3 is 0 Å². The first-order valence-corrected chi connectivity index (χ1v) is 10.1. The molecule has 0 bridgehead atoms. The number of ether oxygens (including phenoxy) is 1. The standard InChI is InChI=1S/C20H24N4O3.C3H6/c21-16(15-3-1-2-4-18(15)26)7-13-8-17(23-19(13)22)14-9-20(27-10-14)5-6-24(11-20)12-25;1-3-2/h1-4,7-8,12,14,23,26H,5-6,9-11,21-22H2;3H,1H2,2H3/b16-7-;. The number of aromatic nitrogens is 1. The van der Waals surface area contributed by atoms with Gasteiger partial charge in [0.1, 0.15) is 11.6 Å². The zero-order valence-corrected chi connectivity index (χ0v) is 17.3. The summed E-state index contributed by atoms with van der Waals surface area (Å²) < 4.78 is 6.08. The monoisotopic (exact) mass is 410 g/mol. The Bertz CT molecular complexity index is 936. The molecule has 1 amide bonds. The van der Waals surface area contributed by atoms with Crippen molar-refractivity contribution in [3.8, 4) is 5.75 Å². The number of likely N-dealkylation sites (tertiary alicyclic amines) is 1. The molecule has 3 heterocycles. The molecule has 1 aromatic carbocycles. The predicted octanol–water partition coefficient (Wildman–Crippen LogP) is 3.06. The summed E-state index contributed by atoms with van der Waals surface area (Å²) in [4.78, 5) is 16.0. The number of aromatic amines is 1. The number of nitrogen functional groups attached to an aromatic ring is 1. The molecule has 2 aliphatic rings. The lowest BCUT2D eigenvalue weighted by molar-refractivity contribution is -0.118. The van der Waals surface area contributed by atoms with Crippen molar-refractivity contribution in [1.29, 1.82) is 0 Å². The van der Waals surface area contributed by atoms with Gasteiger partial charge in [-0.15, -0.1) is 6.58 Å². The molecule has 2 atom stereocenters. The van der Waals surface area contributed by atoms with E-state index in [1.165, 1.54) is 0 Å². The molecule has 0 radical (unpaired) electrons. The lowest BCUT2D eigenvalue weighted by Gasteiger charge is -2.21. The van der Waals surface area contributed by atoms with Gasteiger partial charge < -0.3 is 31.2 Å². The van der Waals surface area contributed by atoms with Gasteiger partial charge in [-0.2, -0.15) is 0 Å². The second-order valence-corrected chi connectivity index (χ2v) is 7.84. The number of hydrogen-bond donors (Lipinski definition) is 4. The van der Waals surface area contributed by atoms with Crippen LogP contribution in [0.4, 0.5) is 5.82 Å². The fraction of sp³-hybridized carbons (Fsp3) is 0.348. The van der Waals surface area contributed by atoms with Crippen molar-refractivity contribution in [3.63, 3.8) is 0 Å². The van der Waals surface area contributed by atoms with Crippen molar-refractivity contribution in [3.05, 3.63) is 59.8 Å². The molecule has 0 aliphatic carbocycles. The minimum Gasteiger partial charge on any atom is -0.507 e. The number of phenolic OH excluding ortho intramolecular Hbond substituents is 1. The van der Waals surface area contributed by atoms with Gasteiger partial charge in [0.2, 0.25) is 6.41 Å². The number of H-pyrrole nitrogens is 1. The molecular weight excluding hydrogens is 380 g/mol. The van der Waals surface area contributed by atoms with Crippen LogP contribution in [-0.2, 0) is 9.53 Å². The quantitative estimate of drug-likeness (QED) is 0.456. The van der Waals surface area contributed by atoms with Crippen LogP contribution in [0.25, 0.3) is 11.8 Å². The molecule has 1 aromatic heterocycles. The molecule has 0 saturated carbocycles. The molecule has 4 rings (SSSR count). The first-order valence-electron chi connectivity index (χ1n) is 10.1. The number of amides is 1. The predicted molar refractivity (Wildman–Crippen MR) is 120 cm³/mol. The van der Waals surface area contributed by atoms with E-state index in [9.17, 15) is 9.90 Å². The molecule has 7 nitrogen and oxygen atoms in total. The molecule has 2 unspecified atom stereocenters. The van der Waals surface area contributed by atoms with E-state index in [1.807, 2.05) is 19.1 Å². The number of aromatic hydroxyl groups is 1. The highest BCUT2D eigenvalue weighted by Crippen LogP contribution is 2.42. The Kier molecular flexibility index (Phi) is 6.52. The van der Waals surface area contributed by atoms with Crippen LogP contribution in [0, 0.1) is 0 Å². The number of phenols is 1. The van der Waals surface area contributed by atoms with E-state index in [0.717, 1.165) is 37.1 Å². The molecule has 30 heavy (non-hydrogen) atoms. The fourth-order valence-corrected chi connectivity index (χ4v) is 4.11. The van der Waals surface area contributed by atoms with Crippen molar-refractivity contribution in [2.75, 3.05) is 25.4 Å². The Morgan fingerprint density at radius 3 is 2.83 bits per heavy atom. The first-order chi connectivity index (χ1) is 14.4. The van der Waals surface area contributed by atoms with E-state index in [2.05, 4.69) is 11.6 Å². The third kappa shape index (κ3) is 4.52. The van der Waals surface area contributed by atoms with E-state index in [4.69, 9.17) is 16.2 Å². The molecule has 7 heteroatoms. The van der Waals surface area contributed by atoms with Gasteiger partial charge in [-0.1, -0.05) is 18.2 Å². The highest BCUT2D eigenvalue weighted by Gasteiger charge is 2.46. The number of allylic oxidation sites excluding steroid dienone is 1. The Morgan fingerprint density at radius 1 is 1.43 bits per heavy atom.